The van der Waals surface area contributed by atoms with E-state index < -0.39 is 6.04 Å². The molecule has 1 N–H and O–H groups in total. The summed E-state index contributed by atoms with van der Waals surface area (Å²) in [5.41, 5.74) is 1.02. The van der Waals surface area contributed by atoms with E-state index in [2.05, 4.69) is 9.97 Å². The monoisotopic (exact) mass is 372 g/mol. The summed E-state index contributed by atoms with van der Waals surface area (Å²) < 4.78 is 14.2. The molecule has 1 saturated heterocycles. The van der Waals surface area contributed by atoms with Crippen LogP contribution in [-0.2, 0) is 4.79 Å². The van der Waals surface area contributed by atoms with Crippen LogP contribution in [0.15, 0.2) is 35.1 Å². The normalized spacial score (nSPS) is 16.6. The van der Waals surface area contributed by atoms with Crippen molar-refractivity contribution in [3.8, 4) is 0 Å². The Bertz CT molecular complexity index is 872. The molecule has 0 unspecified atom stereocenters. The molecule has 144 valence electrons. The maximum atomic E-state index is 14.2. The Balaban J connectivity index is 1.73. The Labute approximate surface area is 158 Å². The molecular formula is C20H25FN4O2. The van der Waals surface area contributed by atoms with Crippen LogP contribution in [0.5, 0.6) is 0 Å². The zero-order valence-electron chi connectivity index (χ0n) is 15.9. The number of rotatable bonds is 4. The summed E-state index contributed by atoms with van der Waals surface area (Å²) >= 11 is 0. The number of likely N-dealkylation sites (tertiary alicyclic amines) is 1. The molecule has 0 saturated carbocycles. The smallest absolute Gasteiger partial charge is 0.251 e. The highest BCUT2D eigenvalue weighted by atomic mass is 19.1. The third kappa shape index (κ3) is 4.24. The van der Waals surface area contributed by atoms with Crippen molar-refractivity contribution in [2.24, 2.45) is 0 Å². The Morgan fingerprint density at radius 2 is 1.96 bits per heavy atom. The number of aromatic nitrogens is 2. The van der Waals surface area contributed by atoms with E-state index in [0.717, 1.165) is 18.5 Å². The number of halogens is 1. The van der Waals surface area contributed by atoms with Gasteiger partial charge < -0.3 is 9.88 Å². The van der Waals surface area contributed by atoms with Crippen LogP contribution >= 0.6 is 0 Å². The number of likely N-dealkylation sites (N-methyl/N-ethyl adjacent to an activating group) is 1. The van der Waals surface area contributed by atoms with Crippen LogP contribution in [0.1, 0.15) is 41.9 Å². The average molecular weight is 372 g/mol. The predicted octanol–water partition coefficient (Wildman–Crippen LogP) is 2.23. The van der Waals surface area contributed by atoms with Gasteiger partial charge in [0.15, 0.2) is 0 Å². The van der Waals surface area contributed by atoms with Gasteiger partial charge in [0.1, 0.15) is 17.7 Å². The molecule has 1 aliphatic rings. The fraction of sp³-hybridized carbons (Fsp3) is 0.450. The molecule has 1 aromatic heterocycles. The maximum Gasteiger partial charge on any atom is 0.251 e. The zero-order valence-corrected chi connectivity index (χ0v) is 15.9. The van der Waals surface area contributed by atoms with Gasteiger partial charge in [0.05, 0.1) is 5.69 Å². The van der Waals surface area contributed by atoms with Crippen molar-refractivity contribution in [1.29, 1.82) is 0 Å². The third-order valence-corrected chi connectivity index (χ3v) is 5.05. The fourth-order valence-electron chi connectivity index (χ4n) is 3.71. The molecule has 7 heteroatoms. The molecule has 1 atom stereocenters. The van der Waals surface area contributed by atoms with Crippen LogP contribution in [0, 0.1) is 12.7 Å². The standard InChI is InChI=1S/C20H25FN4O2/c1-13-22-17(12-18(26)23-13)14-8-10-25(11-9-14)20(27)19(24(2)3)15-6-4-5-7-16(15)21/h4-7,12,14,19H,8-11H2,1-3H3,(H,22,23,26)/t19-/m1/s1. The summed E-state index contributed by atoms with van der Waals surface area (Å²) in [4.78, 5) is 35.4. The number of carbonyl (C=O) groups excluding carboxylic acids is 1. The van der Waals surface area contributed by atoms with E-state index in [9.17, 15) is 14.0 Å². The van der Waals surface area contributed by atoms with E-state index >= 15 is 0 Å². The highest BCUT2D eigenvalue weighted by Crippen LogP contribution is 2.29. The Morgan fingerprint density at radius 1 is 1.30 bits per heavy atom. The van der Waals surface area contributed by atoms with Gasteiger partial charge >= 0.3 is 0 Å². The first-order chi connectivity index (χ1) is 12.9. The van der Waals surface area contributed by atoms with Gasteiger partial charge in [-0.3, -0.25) is 14.5 Å². The van der Waals surface area contributed by atoms with E-state index in [1.54, 1.807) is 49.0 Å². The lowest BCUT2D eigenvalue weighted by molar-refractivity contribution is -0.137. The van der Waals surface area contributed by atoms with Gasteiger partial charge in [0.25, 0.3) is 5.56 Å². The van der Waals surface area contributed by atoms with Gasteiger partial charge in [-0.1, -0.05) is 18.2 Å². The topological polar surface area (TPSA) is 69.3 Å². The SMILES string of the molecule is Cc1nc(C2CCN(C(=O)[C@@H](c3ccccc3F)N(C)C)CC2)cc(=O)[nH]1. The average Bonchev–Trinajstić information content (AvgIpc) is 2.62. The van der Waals surface area contributed by atoms with E-state index in [1.807, 2.05) is 0 Å². The lowest BCUT2D eigenvalue weighted by atomic mass is 9.92. The van der Waals surface area contributed by atoms with Crippen molar-refractivity contribution >= 4 is 5.91 Å². The second-order valence-electron chi connectivity index (χ2n) is 7.24. The van der Waals surface area contributed by atoms with Crippen LogP contribution in [0.25, 0.3) is 0 Å². The van der Waals surface area contributed by atoms with E-state index in [-0.39, 0.29) is 23.2 Å². The van der Waals surface area contributed by atoms with Crippen LogP contribution in [0.2, 0.25) is 0 Å². The number of hydrogen-bond acceptors (Lipinski definition) is 4. The van der Waals surface area contributed by atoms with E-state index in [0.29, 0.717) is 24.5 Å². The zero-order chi connectivity index (χ0) is 19.6. The molecule has 27 heavy (non-hydrogen) atoms. The van der Waals surface area contributed by atoms with Crippen LogP contribution in [-0.4, -0.2) is 52.9 Å². The third-order valence-electron chi connectivity index (χ3n) is 5.05. The van der Waals surface area contributed by atoms with Crippen molar-refractivity contribution in [3.05, 3.63) is 63.6 Å². The molecule has 1 aliphatic heterocycles. The van der Waals surface area contributed by atoms with Crippen LogP contribution < -0.4 is 5.56 Å². The van der Waals surface area contributed by atoms with Crippen molar-refractivity contribution < 1.29 is 9.18 Å². The number of hydrogen-bond donors (Lipinski definition) is 1. The van der Waals surface area contributed by atoms with Gasteiger partial charge in [0, 0.05) is 30.6 Å². The number of amides is 1. The summed E-state index contributed by atoms with van der Waals surface area (Å²) in [6, 6.07) is 7.30. The highest BCUT2D eigenvalue weighted by Gasteiger charge is 2.32. The molecule has 2 aromatic rings. The van der Waals surface area contributed by atoms with Crippen LogP contribution in [0.4, 0.5) is 4.39 Å². The van der Waals surface area contributed by atoms with Crippen LogP contribution in [0.3, 0.4) is 0 Å². The molecule has 0 radical (unpaired) electrons. The number of H-pyrrole nitrogens is 1. The van der Waals surface area contributed by atoms with Crippen molar-refractivity contribution in [2.75, 3.05) is 27.2 Å². The van der Waals surface area contributed by atoms with Gasteiger partial charge in [-0.25, -0.2) is 9.37 Å². The van der Waals surface area contributed by atoms with Gasteiger partial charge in [0.2, 0.25) is 5.91 Å². The molecule has 1 fully saturated rings. The highest BCUT2D eigenvalue weighted by molar-refractivity contribution is 5.83. The molecule has 1 amide bonds. The minimum absolute atomic E-state index is 0.0985. The minimum Gasteiger partial charge on any atom is -0.341 e. The first-order valence-corrected chi connectivity index (χ1v) is 9.14. The number of nitrogens with zero attached hydrogens (tertiary/aromatic N) is 3. The number of aryl methyl sites for hydroxylation is 1. The van der Waals surface area contributed by atoms with E-state index in [4.69, 9.17) is 0 Å². The molecule has 0 aliphatic carbocycles. The number of carbonyl (C=O) groups is 1. The molecule has 2 heterocycles. The first kappa shape index (κ1) is 19.2. The lowest BCUT2D eigenvalue weighted by Gasteiger charge is -2.36. The quantitative estimate of drug-likeness (QED) is 0.894. The molecular weight excluding hydrogens is 347 g/mol. The Kier molecular flexibility index (Phi) is 5.70. The van der Waals surface area contributed by atoms with Gasteiger partial charge in [-0.2, -0.15) is 0 Å². The number of aromatic amines is 1. The number of benzene rings is 1. The lowest BCUT2D eigenvalue weighted by Crippen LogP contribution is -2.44. The van der Waals surface area contributed by atoms with Crippen molar-refractivity contribution in [1.82, 2.24) is 19.8 Å². The molecule has 0 spiro atoms. The molecule has 1 aromatic carbocycles. The molecule has 6 nitrogen and oxygen atoms in total. The fourth-order valence-corrected chi connectivity index (χ4v) is 3.71. The summed E-state index contributed by atoms with van der Waals surface area (Å²) in [7, 11) is 3.56. The second kappa shape index (κ2) is 8.00. The number of piperidine rings is 1. The van der Waals surface area contributed by atoms with Crippen molar-refractivity contribution in [3.63, 3.8) is 0 Å². The predicted molar refractivity (Wildman–Crippen MR) is 101 cm³/mol. The second-order valence-corrected chi connectivity index (χ2v) is 7.24. The largest absolute Gasteiger partial charge is 0.341 e. The van der Waals surface area contributed by atoms with Gasteiger partial charge in [-0.05, 0) is 39.9 Å². The molecule has 0 bridgehead atoms. The Hall–Kier alpha value is -2.54. The summed E-state index contributed by atoms with van der Waals surface area (Å²) in [6.45, 7) is 2.89. The first-order valence-electron chi connectivity index (χ1n) is 9.14. The maximum absolute atomic E-state index is 14.2. The molecule has 3 rings (SSSR count). The summed E-state index contributed by atoms with van der Waals surface area (Å²) in [5.74, 6) is 0.283. The minimum atomic E-state index is -0.650. The summed E-state index contributed by atoms with van der Waals surface area (Å²) in [5, 5.41) is 0. The van der Waals surface area contributed by atoms with Crippen molar-refractivity contribution in [2.45, 2.75) is 31.7 Å². The Morgan fingerprint density at radius 3 is 2.56 bits per heavy atom. The summed E-state index contributed by atoms with van der Waals surface area (Å²) in [6.07, 6.45) is 1.47. The number of nitrogens with one attached hydrogen (secondary N) is 1. The van der Waals surface area contributed by atoms with E-state index in [1.165, 1.54) is 12.1 Å². The van der Waals surface area contributed by atoms with Gasteiger partial charge in [-0.15, -0.1) is 0 Å².